The molecule has 1 amide bonds. The highest BCUT2D eigenvalue weighted by Gasteiger charge is 2.17. The number of anilines is 1. The van der Waals surface area contributed by atoms with Gasteiger partial charge < -0.3 is 14.4 Å². The van der Waals surface area contributed by atoms with Gasteiger partial charge in [-0.15, -0.1) is 0 Å². The van der Waals surface area contributed by atoms with Gasteiger partial charge in [-0.25, -0.2) is 4.98 Å². The molecular formula is C23H30N4O. The Hall–Kier alpha value is -2.82. The van der Waals surface area contributed by atoms with Crippen molar-refractivity contribution in [3.05, 3.63) is 59.9 Å². The molecule has 3 aromatic rings. The van der Waals surface area contributed by atoms with E-state index in [1.807, 2.05) is 49.5 Å². The van der Waals surface area contributed by atoms with Gasteiger partial charge in [-0.1, -0.05) is 12.1 Å². The summed E-state index contributed by atoms with van der Waals surface area (Å²) in [6, 6.07) is 16.4. The van der Waals surface area contributed by atoms with Crippen LogP contribution in [0.1, 0.15) is 43.9 Å². The highest BCUT2D eigenvalue weighted by atomic mass is 16.2. The topological polar surface area (TPSA) is 41.4 Å². The normalized spacial score (nSPS) is 11.2. The number of rotatable bonds is 7. The molecule has 0 unspecified atom stereocenters. The highest BCUT2D eigenvalue weighted by molar-refractivity contribution is 5.94. The van der Waals surface area contributed by atoms with Crippen molar-refractivity contribution < 1.29 is 4.79 Å². The lowest BCUT2D eigenvalue weighted by Gasteiger charge is -2.27. The predicted molar refractivity (Wildman–Crippen MR) is 116 cm³/mol. The van der Waals surface area contributed by atoms with Gasteiger partial charge in [0.2, 0.25) is 0 Å². The van der Waals surface area contributed by atoms with Crippen LogP contribution in [0.2, 0.25) is 0 Å². The van der Waals surface area contributed by atoms with E-state index in [0.29, 0.717) is 18.2 Å². The third-order valence-electron chi connectivity index (χ3n) is 5.19. The molecule has 1 heterocycles. The Bertz CT molecular complexity index is 943. The van der Waals surface area contributed by atoms with Gasteiger partial charge in [0.15, 0.2) is 0 Å². The fourth-order valence-electron chi connectivity index (χ4n) is 3.74. The molecule has 0 aliphatic heterocycles. The maximum absolute atomic E-state index is 12.9. The van der Waals surface area contributed by atoms with Gasteiger partial charge in [-0.3, -0.25) is 4.79 Å². The van der Waals surface area contributed by atoms with Crippen LogP contribution >= 0.6 is 0 Å². The van der Waals surface area contributed by atoms with Crippen molar-refractivity contribution in [1.82, 2.24) is 14.5 Å². The molecule has 0 aliphatic carbocycles. The van der Waals surface area contributed by atoms with Gasteiger partial charge in [-0.05, 0) is 64.1 Å². The molecule has 0 fully saturated rings. The lowest BCUT2D eigenvalue weighted by Crippen LogP contribution is -2.30. The molecule has 148 valence electrons. The third-order valence-corrected chi connectivity index (χ3v) is 5.19. The van der Waals surface area contributed by atoms with E-state index in [2.05, 4.69) is 43.2 Å². The van der Waals surface area contributed by atoms with Crippen LogP contribution in [0.4, 0.5) is 5.69 Å². The van der Waals surface area contributed by atoms with E-state index in [-0.39, 0.29) is 5.91 Å². The van der Waals surface area contributed by atoms with Crippen LogP contribution in [0, 0.1) is 0 Å². The molecule has 0 saturated heterocycles. The SMILES string of the molecule is CCN(c1ccc(C(=O)N(C)Cc2nc3ccccc3n2CC)cc1)C(C)C. The number of aryl methyl sites for hydroxylation is 1. The minimum Gasteiger partial charge on any atom is -0.369 e. The average Bonchev–Trinajstić information content (AvgIpc) is 3.05. The molecule has 0 spiro atoms. The molecule has 0 radical (unpaired) electrons. The molecule has 5 nitrogen and oxygen atoms in total. The quantitative estimate of drug-likeness (QED) is 0.605. The van der Waals surface area contributed by atoms with Gasteiger partial charge in [0.25, 0.3) is 5.91 Å². The van der Waals surface area contributed by atoms with Gasteiger partial charge in [-0.2, -0.15) is 0 Å². The number of fused-ring (bicyclic) bond motifs is 1. The smallest absolute Gasteiger partial charge is 0.254 e. The van der Waals surface area contributed by atoms with E-state index < -0.39 is 0 Å². The average molecular weight is 379 g/mol. The van der Waals surface area contributed by atoms with Gasteiger partial charge in [0.05, 0.1) is 17.6 Å². The molecular weight excluding hydrogens is 348 g/mol. The fourth-order valence-corrected chi connectivity index (χ4v) is 3.74. The molecule has 2 aromatic carbocycles. The first kappa shape index (κ1) is 19.9. The Kier molecular flexibility index (Phi) is 6.02. The number of carbonyl (C=O) groups excluding carboxylic acids is 1. The summed E-state index contributed by atoms with van der Waals surface area (Å²) in [6.07, 6.45) is 0. The number of para-hydroxylation sites is 2. The van der Waals surface area contributed by atoms with Gasteiger partial charge in [0.1, 0.15) is 5.82 Å². The van der Waals surface area contributed by atoms with Crippen molar-refractivity contribution in [3.8, 4) is 0 Å². The second-order valence-electron chi connectivity index (χ2n) is 7.35. The molecule has 1 aromatic heterocycles. The van der Waals surface area contributed by atoms with Crippen LogP contribution < -0.4 is 4.90 Å². The van der Waals surface area contributed by atoms with Crippen LogP contribution in [0.5, 0.6) is 0 Å². The minimum atomic E-state index is 0.00820. The maximum atomic E-state index is 12.9. The summed E-state index contributed by atoms with van der Waals surface area (Å²) < 4.78 is 2.17. The predicted octanol–water partition coefficient (Wildman–Crippen LogP) is 4.56. The summed E-state index contributed by atoms with van der Waals surface area (Å²) >= 11 is 0. The standard InChI is InChI=1S/C23H30N4O/c1-6-26(17(3)4)19-14-12-18(13-15-19)23(28)25(5)16-22-24-20-10-8-9-11-21(20)27(22)7-2/h8-15,17H,6-7,16H2,1-5H3. The third kappa shape index (κ3) is 3.88. The number of amides is 1. The van der Waals surface area contributed by atoms with Crippen molar-refractivity contribution in [3.63, 3.8) is 0 Å². The molecule has 28 heavy (non-hydrogen) atoms. The molecule has 3 rings (SSSR count). The maximum Gasteiger partial charge on any atom is 0.254 e. The zero-order chi connectivity index (χ0) is 20.3. The van der Waals surface area contributed by atoms with Crippen molar-refractivity contribution in [1.29, 1.82) is 0 Å². The molecule has 0 saturated carbocycles. The van der Waals surface area contributed by atoms with E-state index >= 15 is 0 Å². The number of nitrogens with zero attached hydrogens (tertiary/aromatic N) is 4. The summed E-state index contributed by atoms with van der Waals surface area (Å²) in [4.78, 5) is 21.7. The van der Waals surface area contributed by atoms with E-state index in [1.54, 1.807) is 4.90 Å². The second-order valence-corrected chi connectivity index (χ2v) is 7.35. The zero-order valence-corrected chi connectivity index (χ0v) is 17.5. The minimum absolute atomic E-state index is 0.00820. The summed E-state index contributed by atoms with van der Waals surface area (Å²) in [5, 5.41) is 0. The molecule has 0 atom stereocenters. The molecule has 0 aliphatic rings. The first-order valence-corrected chi connectivity index (χ1v) is 10.0. The molecule has 0 N–H and O–H groups in total. The number of imidazole rings is 1. The Morgan fingerprint density at radius 1 is 1.07 bits per heavy atom. The van der Waals surface area contributed by atoms with E-state index in [1.165, 1.54) is 0 Å². The summed E-state index contributed by atoms with van der Waals surface area (Å²) in [6.45, 7) is 10.9. The summed E-state index contributed by atoms with van der Waals surface area (Å²) in [5.74, 6) is 0.919. The lowest BCUT2D eigenvalue weighted by atomic mass is 10.1. The highest BCUT2D eigenvalue weighted by Crippen LogP contribution is 2.20. The Labute approximate surface area is 167 Å². The largest absolute Gasteiger partial charge is 0.369 e. The number of carbonyl (C=O) groups is 1. The molecule has 5 heteroatoms. The Morgan fingerprint density at radius 3 is 2.36 bits per heavy atom. The first-order valence-electron chi connectivity index (χ1n) is 10.0. The lowest BCUT2D eigenvalue weighted by molar-refractivity contribution is 0.0780. The van der Waals surface area contributed by atoms with Crippen LogP contribution in [-0.4, -0.2) is 40.0 Å². The van der Waals surface area contributed by atoms with E-state index in [4.69, 9.17) is 4.98 Å². The first-order chi connectivity index (χ1) is 13.5. The Morgan fingerprint density at radius 2 is 1.75 bits per heavy atom. The summed E-state index contributed by atoms with van der Waals surface area (Å²) in [7, 11) is 1.84. The second kappa shape index (κ2) is 8.46. The number of benzene rings is 2. The van der Waals surface area contributed by atoms with Crippen LogP contribution in [-0.2, 0) is 13.1 Å². The molecule has 0 bridgehead atoms. The van der Waals surface area contributed by atoms with Gasteiger partial charge in [0, 0.05) is 37.4 Å². The van der Waals surface area contributed by atoms with Crippen molar-refractivity contribution in [2.24, 2.45) is 0 Å². The van der Waals surface area contributed by atoms with E-state index in [9.17, 15) is 4.79 Å². The van der Waals surface area contributed by atoms with Crippen molar-refractivity contribution >= 4 is 22.6 Å². The number of hydrogen-bond acceptors (Lipinski definition) is 3. The van der Waals surface area contributed by atoms with Crippen LogP contribution in [0.25, 0.3) is 11.0 Å². The van der Waals surface area contributed by atoms with Crippen molar-refractivity contribution in [2.45, 2.75) is 46.8 Å². The monoisotopic (exact) mass is 378 g/mol. The number of hydrogen-bond donors (Lipinski definition) is 0. The van der Waals surface area contributed by atoms with E-state index in [0.717, 1.165) is 35.6 Å². The Balaban J connectivity index is 1.78. The van der Waals surface area contributed by atoms with Crippen LogP contribution in [0.15, 0.2) is 48.5 Å². The zero-order valence-electron chi connectivity index (χ0n) is 17.5. The fraction of sp³-hybridized carbons (Fsp3) is 0.391. The van der Waals surface area contributed by atoms with Crippen LogP contribution in [0.3, 0.4) is 0 Å². The van der Waals surface area contributed by atoms with Gasteiger partial charge >= 0.3 is 0 Å². The number of aromatic nitrogens is 2. The van der Waals surface area contributed by atoms with Crippen molar-refractivity contribution in [2.75, 3.05) is 18.5 Å². The summed E-state index contributed by atoms with van der Waals surface area (Å²) in [5.41, 5.74) is 3.92.